The monoisotopic (exact) mass is 234 g/mol. The third kappa shape index (κ3) is 4.33. The number of allylic oxidation sites excluding steroid dienone is 2. The van der Waals surface area contributed by atoms with E-state index in [1.54, 1.807) is 6.07 Å². The molecule has 1 atom stereocenters. The summed E-state index contributed by atoms with van der Waals surface area (Å²) in [6.45, 7) is 6.21. The number of benzene rings is 1. The van der Waals surface area contributed by atoms with Crippen LogP contribution in [0.4, 0.5) is 4.39 Å². The molecule has 0 nitrogen and oxygen atoms in total. The Morgan fingerprint density at radius 2 is 2.00 bits per heavy atom. The summed E-state index contributed by atoms with van der Waals surface area (Å²) < 4.78 is 13.9. The molecule has 0 fully saturated rings. The van der Waals surface area contributed by atoms with Gasteiger partial charge in [0.2, 0.25) is 0 Å². The zero-order chi connectivity index (χ0) is 12.7. The first-order valence-electron chi connectivity index (χ1n) is 6.60. The zero-order valence-corrected chi connectivity index (χ0v) is 11.2. The number of hydrogen-bond acceptors (Lipinski definition) is 0. The van der Waals surface area contributed by atoms with Crippen molar-refractivity contribution in [3.8, 4) is 0 Å². The maximum absolute atomic E-state index is 13.9. The van der Waals surface area contributed by atoms with E-state index >= 15 is 0 Å². The lowest BCUT2D eigenvalue weighted by Crippen LogP contribution is -2.01. The van der Waals surface area contributed by atoms with Gasteiger partial charge in [0, 0.05) is 0 Å². The van der Waals surface area contributed by atoms with Crippen molar-refractivity contribution in [3.63, 3.8) is 0 Å². The molecule has 0 aromatic heterocycles. The summed E-state index contributed by atoms with van der Waals surface area (Å²) in [7, 11) is 0. The molecule has 0 spiro atoms. The molecular formula is C16H23F. The smallest absolute Gasteiger partial charge is 0.126 e. The van der Waals surface area contributed by atoms with Gasteiger partial charge in [-0.3, -0.25) is 0 Å². The quantitative estimate of drug-likeness (QED) is 0.580. The van der Waals surface area contributed by atoms with E-state index in [0.29, 0.717) is 5.92 Å². The summed E-state index contributed by atoms with van der Waals surface area (Å²) >= 11 is 0. The highest BCUT2D eigenvalue weighted by Crippen LogP contribution is 2.28. The minimum atomic E-state index is -0.0478. The van der Waals surface area contributed by atoms with Crippen molar-refractivity contribution in [2.45, 2.75) is 52.4 Å². The normalized spacial score (nSPS) is 13.2. The first kappa shape index (κ1) is 14.0. The Balaban J connectivity index is 2.84. The molecule has 1 aromatic carbocycles. The summed E-state index contributed by atoms with van der Waals surface area (Å²) in [5, 5.41) is 0. The second-order valence-electron chi connectivity index (χ2n) is 4.63. The molecular weight excluding hydrogens is 211 g/mol. The van der Waals surface area contributed by atoms with Crippen LogP contribution in [0.3, 0.4) is 0 Å². The van der Waals surface area contributed by atoms with Crippen LogP contribution < -0.4 is 0 Å². The van der Waals surface area contributed by atoms with Crippen LogP contribution in [0.1, 0.15) is 56.6 Å². The van der Waals surface area contributed by atoms with Crippen LogP contribution in [-0.2, 0) is 0 Å². The second-order valence-corrected chi connectivity index (χ2v) is 4.63. The highest BCUT2D eigenvalue weighted by Gasteiger charge is 2.13. The van der Waals surface area contributed by atoms with Gasteiger partial charge in [-0.15, -0.1) is 0 Å². The van der Waals surface area contributed by atoms with Crippen LogP contribution in [0, 0.1) is 12.7 Å². The molecule has 0 N–H and O–H groups in total. The predicted molar refractivity (Wildman–Crippen MR) is 72.8 cm³/mol. The lowest BCUT2D eigenvalue weighted by molar-refractivity contribution is 0.551. The molecule has 0 aliphatic heterocycles. The molecule has 1 heteroatoms. The van der Waals surface area contributed by atoms with Gasteiger partial charge in [-0.1, -0.05) is 44.6 Å². The molecule has 0 saturated carbocycles. The molecule has 0 radical (unpaired) electrons. The van der Waals surface area contributed by atoms with Gasteiger partial charge in [-0.05, 0) is 49.3 Å². The van der Waals surface area contributed by atoms with E-state index in [-0.39, 0.29) is 5.82 Å². The van der Waals surface area contributed by atoms with Crippen LogP contribution in [0.15, 0.2) is 30.4 Å². The fourth-order valence-electron chi connectivity index (χ4n) is 2.14. The molecule has 0 amide bonds. The Morgan fingerprint density at radius 1 is 1.24 bits per heavy atom. The Kier molecular flexibility index (Phi) is 5.96. The molecule has 0 saturated heterocycles. The Bertz CT molecular complexity index is 366. The third-order valence-electron chi connectivity index (χ3n) is 3.06. The van der Waals surface area contributed by atoms with Gasteiger partial charge in [0.1, 0.15) is 5.82 Å². The maximum atomic E-state index is 13.9. The first-order chi connectivity index (χ1) is 8.19. The minimum absolute atomic E-state index is 0.0478. The highest BCUT2D eigenvalue weighted by molar-refractivity contribution is 5.27. The highest BCUT2D eigenvalue weighted by atomic mass is 19.1. The van der Waals surface area contributed by atoms with E-state index in [9.17, 15) is 4.39 Å². The number of hydrogen-bond donors (Lipinski definition) is 0. The van der Waals surface area contributed by atoms with Gasteiger partial charge in [-0.2, -0.15) is 0 Å². The Labute approximate surface area is 105 Å². The molecule has 1 aromatic rings. The largest absolute Gasteiger partial charge is 0.207 e. The average Bonchev–Trinajstić information content (AvgIpc) is 2.28. The van der Waals surface area contributed by atoms with Crippen molar-refractivity contribution < 1.29 is 4.39 Å². The van der Waals surface area contributed by atoms with Crippen molar-refractivity contribution in [1.82, 2.24) is 0 Å². The van der Waals surface area contributed by atoms with Crippen LogP contribution in [0.5, 0.6) is 0 Å². The van der Waals surface area contributed by atoms with Gasteiger partial charge >= 0.3 is 0 Å². The van der Waals surface area contributed by atoms with Crippen LogP contribution in [-0.4, -0.2) is 0 Å². The molecule has 0 heterocycles. The molecule has 1 unspecified atom stereocenters. The van der Waals surface area contributed by atoms with E-state index in [1.807, 2.05) is 19.1 Å². The maximum Gasteiger partial charge on any atom is 0.126 e. The predicted octanol–water partition coefficient (Wildman–Crippen LogP) is 5.37. The lowest BCUT2D eigenvalue weighted by Gasteiger charge is -2.16. The Hall–Kier alpha value is -1.11. The van der Waals surface area contributed by atoms with Crippen molar-refractivity contribution in [3.05, 3.63) is 47.3 Å². The number of rotatable bonds is 6. The third-order valence-corrected chi connectivity index (χ3v) is 3.06. The molecule has 0 aliphatic rings. The fraction of sp³-hybridized carbons (Fsp3) is 0.500. The average molecular weight is 234 g/mol. The molecule has 94 valence electrons. The van der Waals surface area contributed by atoms with Crippen molar-refractivity contribution >= 4 is 0 Å². The van der Waals surface area contributed by atoms with E-state index in [0.717, 1.165) is 36.8 Å². The first-order valence-corrected chi connectivity index (χ1v) is 6.60. The van der Waals surface area contributed by atoms with Crippen LogP contribution in [0.2, 0.25) is 0 Å². The number of halogens is 1. The van der Waals surface area contributed by atoms with Gasteiger partial charge in [-0.25, -0.2) is 4.39 Å². The topological polar surface area (TPSA) is 0 Å². The van der Waals surface area contributed by atoms with Crippen molar-refractivity contribution in [2.75, 3.05) is 0 Å². The summed E-state index contributed by atoms with van der Waals surface area (Å²) in [6.07, 6.45) is 8.48. The second kappa shape index (κ2) is 7.26. The summed E-state index contributed by atoms with van der Waals surface area (Å²) in [4.78, 5) is 0. The van der Waals surface area contributed by atoms with Crippen molar-refractivity contribution in [1.29, 1.82) is 0 Å². The van der Waals surface area contributed by atoms with Gasteiger partial charge in [0.15, 0.2) is 0 Å². The van der Waals surface area contributed by atoms with E-state index < -0.39 is 0 Å². The summed E-state index contributed by atoms with van der Waals surface area (Å²) in [5.41, 5.74) is 1.86. The number of aryl methyl sites for hydroxylation is 1. The van der Waals surface area contributed by atoms with Gasteiger partial charge < -0.3 is 0 Å². The van der Waals surface area contributed by atoms with Crippen molar-refractivity contribution in [2.24, 2.45) is 0 Å². The molecule has 17 heavy (non-hydrogen) atoms. The van der Waals surface area contributed by atoms with Crippen LogP contribution >= 0.6 is 0 Å². The van der Waals surface area contributed by atoms with E-state index in [2.05, 4.69) is 26.0 Å². The van der Waals surface area contributed by atoms with Crippen LogP contribution in [0.25, 0.3) is 0 Å². The standard InChI is InChI=1S/C16H23F/c1-4-6-7-9-14(8-5-2)15-11-10-13(3)12-16(15)17/h6-7,10-12,14H,4-5,8-9H2,1-3H3/b7-6-. The lowest BCUT2D eigenvalue weighted by atomic mass is 9.90. The SMILES string of the molecule is CC/C=C\CC(CCC)c1ccc(C)cc1F. The van der Waals surface area contributed by atoms with Gasteiger partial charge in [0.25, 0.3) is 0 Å². The summed E-state index contributed by atoms with van der Waals surface area (Å²) in [6, 6.07) is 5.59. The molecule has 0 bridgehead atoms. The van der Waals surface area contributed by atoms with E-state index in [4.69, 9.17) is 0 Å². The summed E-state index contributed by atoms with van der Waals surface area (Å²) in [5.74, 6) is 0.275. The zero-order valence-electron chi connectivity index (χ0n) is 11.2. The fourth-order valence-corrected chi connectivity index (χ4v) is 2.14. The minimum Gasteiger partial charge on any atom is -0.207 e. The molecule has 0 aliphatic carbocycles. The molecule has 1 rings (SSSR count). The Morgan fingerprint density at radius 3 is 2.59 bits per heavy atom. The van der Waals surface area contributed by atoms with E-state index in [1.165, 1.54) is 0 Å². The van der Waals surface area contributed by atoms with Gasteiger partial charge in [0.05, 0.1) is 0 Å².